The molecular weight excluding hydrogens is 213 g/mol. The summed E-state index contributed by atoms with van der Waals surface area (Å²) in [5.74, 6) is -1.28. The third-order valence-corrected chi connectivity index (χ3v) is 1.99. The van der Waals surface area contributed by atoms with E-state index >= 15 is 0 Å². The van der Waals surface area contributed by atoms with E-state index in [4.69, 9.17) is 0 Å². The van der Waals surface area contributed by atoms with Crippen molar-refractivity contribution >= 4 is 23.2 Å². The largest absolute Gasteiger partial charge is 0.321 e. The van der Waals surface area contributed by atoms with Crippen LogP contribution in [0.25, 0.3) is 0 Å². The lowest BCUT2D eigenvalue weighted by Gasteiger charge is -2.03. The molecule has 1 aromatic rings. The van der Waals surface area contributed by atoms with Gasteiger partial charge < -0.3 is 5.32 Å². The van der Waals surface area contributed by atoms with Crippen molar-refractivity contribution in [3.63, 3.8) is 0 Å². The summed E-state index contributed by atoms with van der Waals surface area (Å²) in [5.41, 5.74) is 2.58. The average molecular weight is 221 g/mol. The van der Waals surface area contributed by atoms with Crippen LogP contribution < -0.4 is 10.7 Å². The maximum absolute atomic E-state index is 12.8. The van der Waals surface area contributed by atoms with E-state index in [0.717, 1.165) is 0 Å². The molecule has 5 nitrogen and oxygen atoms in total. The minimum Gasteiger partial charge on any atom is -0.321 e. The summed E-state index contributed by atoms with van der Waals surface area (Å²) < 4.78 is 12.8. The van der Waals surface area contributed by atoms with Gasteiger partial charge in [0.05, 0.1) is 6.42 Å². The van der Waals surface area contributed by atoms with Gasteiger partial charge in [0.1, 0.15) is 11.5 Å². The van der Waals surface area contributed by atoms with Gasteiger partial charge in [0.15, 0.2) is 0 Å². The number of halogens is 1. The molecule has 1 aliphatic rings. The van der Waals surface area contributed by atoms with Gasteiger partial charge in [-0.25, -0.2) is 9.82 Å². The van der Waals surface area contributed by atoms with E-state index < -0.39 is 11.7 Å². The van der Waals surface area contributed by atoms with E-state index in [1.54, 1.807) is 6.07 Å². The molecular formula is C10H8FN3O2. The van der Waals surface area contributed by atoms with Crippen LogP contribution in [0, 0.1) is 5.82 Å². The fourth-order valence-electron chi connectivity index (χ4n) is 1.26. The van der Waals surface area contributed by atoms with Gasteiger partial charge in [-0.05, 0) is 18.2 Å². The number of benzene rings is 1. The van der Waals surface area contributed by atoms with Gasteiger partial charge in [-0.1, -0.05) is 6.07 Å². The Morgan fingerprint density at radius 3 is 2.94 bits per heavy atom. The van der Waals surface area contributed by atoms with Crippen molar-refractivity contribution in [3.05, 3.63) is 30.1 Å². The second-order valence-corrected chi connectivity index (χ2v) is 3.23. The van der Waals surface area contributed by atoms with Gasteiger partial charge in [0, 0.05) is 5.69 Å². The van der Waals surface area contributed by atoms with Crippen molar-refractivity contribution in [1.29, 1.82) is 0 Å². The third kappa shape index (κ3) is 2.22. The highest BCUT2D eigenvalue weighted by molar-refractivity contribution is 6.46. The molecule has 1 aliphatic heterocycles. The van der Waals surface area contributed by atoms with Crippen molar-refractivity contribution in [2.75, 3.05) is 5.32 Å². The van der Waals surface area contributed by atoms with E-state index in [2.05, 4.69) is 15.8 Å². The molecule has 0 aromatic heterocycles. The topological polar surface area (TPSA) is 70.6 Å². The average Bonchev–Trinajstić information content (AvgIpc) is 2.65. The van der Waals surface area contributed by atoms with Crippen LogP contribution >= 0.6 is 0 Å². The fraction of sp³-hybridized carbons (Fsp3) is 0.100. The highest BCUT2D eigenvalue weighted by Gasteiger charge is 2.21. The number of anilines is 1. The number of hydrazone groups is 1. The number of hydrogen-bond acceptors (Lipinski definition) is 3. The van der Waals surface area contributed by atoms with Crippen molar-refractivity contribution < 1.29 is 14.0 Å². The van der Waals surface area contributed by atoms with E-state index in [9.17, 15) is 14.0 Å². The molecule has 2 amide bonds. The summed E-state index contributed by atoms with van der Waals surface area (Å²) in [6, 6.07) is 5.48. The Morgan fingerprint density at radius 2 is 2.31 bits per heavy atom. The zero-order valence-electron chi connectivity index (χ0n) is 8.16. The number of nitrogens with zero attached hydrogens (tertiary/aromatic N) is 1. The second kappa shape index (κ2) is 4.09. The molecule has 0 bridgehead atoms. The molecule has 0 fully saturated rings. The van der Waals surface area contributed by atoms with Gasteiger partial charge in [-0.3, -0.25) is 9.59 Å². The molecule has 0 atom stereocenters. The summed E-state index contributed by atoms with van der Waals surface area (Å²) in [6.45, 7) is 0. The number of carbonyl (C=O) groups excluding carboxylic acids is 2. The predicted molar refractivity (Wildman–Crippen MR) is 55.2 cm³/mol. The molecule has 0 spiro atoms. The minimum absolute atomic E-state index is 0.0544. The molecule has 0 saturated heterocycles. The van der Waals surface area contributed by atoms with Crippen LogP contribution in [0.1, 0.15) is 6.42 Å². The van der Waals surface area contributed by atoms with E-state index in [1.165, 1.54) is 18.2 Å². The Morgan fingerprint density at radius 1 is 1.50 bits per heavy atom. The van der Waals surface area contributed by atoms with Crippen molar-refractivity contribution in [2.45, 2.75) is 6.42 Å². The first kappa shape index (κ1) is 10.3. The molecule has 0 radical (unpaired) electrons. The zero-order chi connectivity index (χ0) is 11.5. The molecule has 82 valence electrons. The van der Waals surface area contributed by atoms with Crippen LogP contribution in [0.3, 0.4) is 0 Å². The highest BCUT2D eigenvalue weighted by atomic mass is 19.1. The molecule has 0 aliphatic carbocycles. The molecule has 1 aromatic carbocycles. The standard InChI is InChI=1S/C10H8FN3O2/c11-6-2-1-3-7(4-6)12-10(16)8-5-9(15)14-13-8/h1-4H,5H2,(H,12,16)(H,14,15). The first-order chi connectivity index (χ1) is 7.65. The number of hydrogen-bond donors (Lipinski definition) is 2. The van der Waals surface area contributed by atoms with Crippen LogP contribution in [0.4, 0.5) is 10.1 Å². The second-order valence-electron chi connectivity index (χ2n) is 3.23. The summed E-state index contributed by atoms with van der Waals surface area (Å²) in [7, 11) is 0. The van der Waals surface area contributed by atoms with Gasteiger partial charge in [-0.15, -0.1) is 0 Å². The Labute approximate surface area is 90.3 Å². The molecule has 16 heavy (non-hydrogen) atoms. The lowest BCUT2D eigenvalue weighted by molar-refractivity contribution is -0.119. The summed E-state index contributed by atoms with van der Waals surface area (Å²) in [5, 5.41) is 5.99. The summed E-state index contributed by atoms with van der Waals surface area (Å²) in [4.78, 5) is 22.3. The van der Waals surface area contributed by atoms with Crippen LogP contribution in [-0.2, 0) is 9.59 Å². The van der Waals surface area contributed by atoms with E-state index in [-0.39, 0.29) is 18.0 Å². The zero-order valence-corrected chi connectivity index (χ0v) is 8.16. The van der Waals surface area contributed by atoms with Crippen LogP contribution in [-0.4, -0.2) is 17.5 Å². The maximum Gasteiger partial charge on any atom is 0.272 e. The molecule has 1 heterocycles. The lowest BCUT2D eigenvalue weighted by atomic mass is 10.2. The first-order valence-electron chi connectivity index (χ1n) is 4.57. The van der Waals surface area contributed by atoms with Crippen LogP contribution in [0.2, 0.25) is 0 Å². The Bertz CT molecular complexity index is 485. The van der Waals surface area contributed by atoms with Crippen molar-refractivity contribution in [1.82, 2.24) is 5.43 Å². The lowest BCUT2D eigenvalue weighted by Crippen LogP contribution is -2.22. The highest BCUT2D eigenvalue weighted by Crippen LogP contribution is 2.09. The Kier molecular flexibility index (Phi) is 2.63. The van der Waals surface area contributed by atoms with E-state index in [1.807, 2.05) is 0 Å². The normalized spacial score (nSPS) is 14.3. The van der Waals surface area contributed by atoms with Gasteiger partial charge in [0.2, 0.25) is 5.91 Å². The van der Waals surface area contributed by atoms with Crippen LogP contribution in [0.15, 0.2) is 29.4 Å². The first-order valence-corrected chi connectivity index (χ1v) is 4.57. The third-order valence-electron chi connectivity index (χ3n) is 1.99. The summed E-state index contributed by atoms with van der Waals surface area (Å²) >= 11 is 0. The van der Waals surface area contributed by atoms with Crippen molar-refractivity contribution in [3.8, 4) is 0 Å². The van der Waals surface area contributed by atoms with Gasteiger partial charge in [-0.2, -0.15) is 5.10 Å². The molecule has 6 heteroatoms. The van der Waals surface area contributed by atoms with Crippen molar-refractivity contribution in [2.24, 2.45) is 5.10 Å². The SMILES string of the molecule is O=C1CC(C(=O)Nc2cccc(F)c2)=NN1. The number of nitrogens with one attached hydrogen (secondary N) is 2. The van der Waals surface area contributed by atoms with Gasteiger partial charge in [0.25, 0.3) is 5.91 Å². The fourth-order valence-corrected chi connectivity index (χ4v) is 1.26. The van der Waals surface area contributed by atoms with E-state index in [0.29, 0.717) is 5.69 Å². The quantitative estimate of drug-likeness (QED) is 0.769. The minimum atomic E-state index is -0.510. The Hall–Kier alpha value is -2.24. The van der Waals surface area contributed by atoms with Gasteiger partial charge >= 0.3 is 0 Å². The number of carbonyl (C=O) groups is 2. The molecule has 0 saturated carbocycles. The Balaban J connectivity index is 2.05. The maximum atomic E-state index is 12.8. The monoisotopic (exact) mass is 221 g/mol. The molecule has 2 rings (SSSR count). The molecule has 2 N–H and O–H groups in total. The predicted octanol–water partition coefficient (Wildman–Crippen LogP) is 0.640. The number of amides is 2. The number of rotatable bonds is 2. The summed E-state index contributed by atoms with van der Waals surface area (Å²) in [6.07, 6.45) is -0.0544. The molecule has 0 unspecified atom stereocenters. The smallest absolute Gasteiger partial charge is 0.272 e. The van der Waals surface area contributed by atoms with Crippen LogP contribution in [0.5, 0.6) is 0 Å².